The summed E-state index contributed by atoms with van der Waals surface area (Å²) in [7, 11) is 1.70. The highest BCUT2D eigenvalue weighted by atomic mass is 35.5. The molecule has 1 N–H and O–H groups in total. The van der Waals surface area contributed by atoms with E-state index in [1.54, 1.807) is 13.2 Å². The molecule has 0 unspecified atom stereocenters. The summed E-state index contributed by atoms with van der Waals surface area (Å²) >= 11 is 18.8. The molecule has 8 heteroatoms. The maximum atomic E-state index is 13.1. The van der Waals surface area contributed by atoms with Crippen LogP contribution < -0.4 is 5.32 Å². The van der Waals surface area contributed by atoms with Crippen molar-refractivity contribution in [3.05, 3.63) is 69.3 Å². The SMILES string of the molecule is C=C/C(=C\C=C(\Cl)CN[C@H](C)c1ccc(Cl)cc1Cl)N1CCC(C(=O)N2CCC[C@H]2COC)CC1. The number of amides is 1. The van der Waals surface area contributed by atoms with Crippen LogP contribution in [-0.2, 0) is 9.53 Å². The van der Waals surface area contributed by atoms with Gasteiger partial charge in [0.25, 0.3) is 0 Å². The number of nitrogens with one attached hydrogen (secondary N) is 1. The van der Waals surface area contributed by atoms with Gasteiger partial charge in [-0.3, -0.25) is 4.79 Å². The average Bonchev–Trinajstić information content (AvgIpc) is 3.31. The Kier molecular flexibility index (Phi) is 11.0. The smallest absolute Gasteiger partial charge is 0.226 e. The zero-order valence-corrected chi connectivity index (χ0v) is 22.9. The van der Waals surface area contributed by atoms with E-state index in [2.05, 4.69) is 16.8 Å². The van der Waals surface area contributed by atoms with Crippen LogP contribution >= 0.6 is 34.8 Å². The van der Waals surface area contributed by atoms with Crippen molar-refractivity contribution in [1.82, 2.24) is 15.1 Å². The van der Waals surface area contributed by atoms with Gasteiger partial charge in [-0.25, -0.2) is 0 Å². The molecule has 2 aliphatic heterocycles. The largest absolute Gasteiger partial charge is 0.383 e. The topological polar surface area (TPSA) is 44.8 Å². The van der Waals surface area contributed by atoms with Crippen LogP contribution in [0, 0.1) is 5.92 Å². The molecule has 2 fully saturated rings. The highest BCUT2D eigenvalue weighted by molar-refractivity contribution is 6.35. The van der Waals surface area contributed by atoms with E-state index >= 15 is 0 Å². The van der Waals surface area contributed by atoms with Gasteiger partial charge in [-0.1, -0.05) is 47.4 Å². The minimum absolute atomic E-state index is 0.0282. The first-order valence-electron chi connectivity index (χ1n) is 12.3. The first kappa shape index (κ1) is 28.1. The van der Waals surface area contributed by atoms with Gasteiger partial charge in [-0.2, -0.15) is 0 Å². The number of likely N-dealkylation sites (tertiary alicyclic amines) is 2. The number of carbonyl (C=O) groups is 1. The molecule has 0 aromatic heterocycles. The Morgan fingerprint density at radius 3 is 2.63 bits per heavy atom. The fourth-order valence-electron chi connectivity index (χ4n) is 4.86. The normalized spacial score (nSPS) is 20.9. The fraction of sp³-hybridized carbons (Fsp3) is 0.519. The number of allylic oxidation sites excluding steroid dienone is 3. The zero-order chi connectivity index (χ0) is 25.4. The molecule has 1 aromatic rings. The first-order chi connectivity index (χ1) is 16.8. The van der Waals surface area contributed by atoms with Gasteiger partial charge in [0.15, 0.2) is 0 Å². The Hall–Kier alpha value is -1.50. The molecule has 3 rings (SSSR count). The Morgan fingerprint density at radius 2 is 1.97 bits per heavy atom. The highest BCUT2D eigenvalue weighted by Gasteiger charge is 2.34. The molecule has 0 radical (unpaired) electrons. The summed E-state index contributed by atoms with van der Waals surface area (Å²) < 4.78 is 5.31. The third-order valence-electron chi connectivity index (χ3n) is 6.88. The lowest BCUT2D eigenvalue weighted by Gasteiger charge is -2.36. The lowest BCUT2D eigenvalue weighted by molar-refractivity contribution is -0.138. The summed E-state index contributed by atoms with van der Waals surface area (Å²) in [6.07, 6.45) is 9.54. The molecule has 0 spiro atoms. The summed E-state index contributed by atoms with van der Waals surface area (Å²) in [6, 6.07) is 5.75. The van der Waals surface area contributed by atoms with E-state index in [9.17, 15) is 4.79 Å². The number of carbonyl (C=O) groups excluding carboxylic acids is 1. The number of piperidine rings is 1. The second-order valence-electron chi connectivity index (χ2n) is 9.22. The molecule has 0 saturated carbocycles. The molecule has 35 heavy (non-hydrogen) atoms. The maximum Gasteiger partial charge on any atom is 0.226 e. The Bertz CT molecular complexity index is 942. The molecule has 1 amide bonds. The third-order valence-corrected chi connectivity index (χ3v) is 7.70. The molecule has 192 valence electrons. The molecule has 2 saturated heterocycles. The van der Waals surface area contributed by atoms with E-state index in [0.29, 0.717) is 28.2 Å². The van der Waals surface area contributed by atoms with E-state index in [-0.39, 0.29) is 23.9 Å². The van der Waals surface area contributed by atoms with Crippen LogP contribution in [0.1, 0.15) is 44.2 Å². The van der Waals surface area contributed by atoms with Gasteiger partial charge < -0.3 is 19.9 Å². The van der Waals surface area contributed by atoms with Crippen molar-refractivity contribution in [2.24, 2.45) is 5.92 Å². The van der Waals surface area contributed by atoms with Crippen molar-refractivity contribution in [3.8, 4) is 0 Å². The number of ether oxygens (including phenoxy) is 1. The number of halogens is 3. The first-order valence-corrected chi connectivity index (χ1v) is 13.4. The molecular formula is C27H36Cl3N3O2. The third kappa shape index (κ3) is 7.74. The Labute approximate surface area is 224 Å². The summed E-state index contributed by atoms with van der Waals surface area (Å²) in [6.45, 7) is 9.66. The Balaban J connectivity index is 1.51. The van der Waals surface area contributed by atoms with Gasteiger partial charge in [0.2, 0.25) is 5.91 Å². The molecule has 0 bridgehead atoms. The van der Waals surface area contributed by atoms with Crippen molar-refractivity contribution < 1.29 is 9.53 Å². The van der Waals surface area contributed by atoms with Crippen LogP contribution in [-0.4, -0.2) is 61.6 Å². The predicted octanol–water partition coefficient (Wildman–Crippen LogP) is 6.19. The maximum absolute atomic E-state index is 13.1. The molecule has 0 aliphatic carbocycles. The van der Waals surface area contributed by atoms with Gasteiger partial charge in [0, 0.05) is 66.0 Å². The number of benzene rings is 1. The minimum atomic E-state index is 0.0282. The van der Waals surface area contributed by atoms with Crippen molar-refractivity contribution in [3.63, 3.8) is 0 Å². The molecule has 1 aromatic carbocycles. The van der Waals surface area contributed by atoms with Crippen LogP contribution in [0.3, 0.4) is 0 Å². The summed E-state index contributed by atoms with van der Waals surface area (Å²) in [5.74, 6) is 0.372. The second-order valence-corrected chi connectivity index (χ2v) is 10.6. The molecular weight excluding hydrogens is 505 g/mol. The highest BCUT2D eigenvalue weighted by Crippen LogP contribution is 2.28. The molecule has 5 nitrogen and oxygen atoms in total. The van der Waals surface area contributed by atoms with Crippen LogP contribution in [0.2, 0.25) is 10.0 Å². The van der Waals surface area contributed by atoms with Gasteiger partial charge in [-0.15, -0.1) is 0 Å². The van der Waals surface area contributed by atoms with E-state index in [1.807, 2.05) is 42.2 Å². The van der Waals surface area contributed by atoms with Gasteiger partial charge in [0.05, 0.1) is 12.6 Å². The number of hydrogen-bond donors (Lipinski definition) is 1. The minimum Gasteiger partial charge on any atom is -0.383 e. The quantitative estimate of drug-likeness (QED) is 0.360. The monoisotopic (exact) mass is 539 g/mol. The summed E-state index contributed by atoms with van der Waals surface area (Å²) in [5.41, 5.74) is 1.99. The average molecular weight is 541 g/mol. The Morgan fingerprint density at radius 1 is 1.23 bits per heavy atom. The van der Waals surface area contributed by atoms with E-state index < -0.39 is 0 Å². The van der Waals surface area contributed by atoms with Crippen molar-refractivity contribution in [2.45, 2.75) is 44.7 Å². The number of hydrogen-bond acceptors (Lipinski definition) is 4. The molecule has 2 heterocycles. The van der Waals surface area contributed by atoms with E-state index in [4.69, 9.17) is 39.5 Å². The van der Waals surface area contributed by atoms with Crippen molar-refractivity contribution in [2.75, 3.05) is 39.9 Å². The molecule has 2 aliphatic rings. The summed E-state index contributed by atoms with van der Waals surface area (Å²) in [5, 5.41) is 5.32. The molecule has 2 atom stereocenters. The van der Waals surface area contributed by atoms with E-state index in [1.165, 1.54) is 0 Å². The number of nitrogens with zero attached hydrogens (tertiary/aromatic N) is 2. The van der Waals surface area contributed by atoms with Crippen LogP contribution in [0.5, 0.6) is 0 Å². The predicted molar refractivity (Wildman–Crippen MR) is 146 cm³/mol. The van der Waals surface area contributed by atoms with Crippen LogP contribution in [0.15, 0.2) is 53.7 Å². The lowest BCUT2D eigenvalue weighted by Crippen LogP contribution is -2.45. The zero-order valence-electron chi connectivity index (χ0n) is 20.6. The van der Waals surface area contributed by atoms with Gasteiger partial charge in [0.1, 0.15) is 0 Å². The van der Waals surface area contributed by atoms with Crippen LogP contribution in [0.25, 0.3) is 0 Å². The number of rotatable bonds is 10. The lowest BCUT2D eigenvalue weighted by atomic mass is 9.94. The summed E-state index contributed by atoms with van der Waals surface area (Å²) in [4.78, 5) is 17.4. The van der Waals surface area contributed by atoms with Gasteiger partial charge >= 0.3 is 0 Å². The van der Waals surface area contributed by atoms with Crippen molar-refractivity contribution >= 4 is 40.7 Å². The second kappa shape index (κ2) is 13.7. The number of methoxy groups -OCH3 is 1. The van der Waals surface area contributed by atoms with Crippen molar-refractivity contribution in [1.29, 1.82) is 0 Å². The standard InChI is InChI=1S/C27H36Cl3N3O2/c1-4-23(9-7-22(29)17-31-19(2)25-10-8-21(28)16-26(25)30)32-14-11-20(12-15-32)27(34)33-13-5-6-24(33)18-35-3/h4,7-10,16,19-20,24,31H,1,5-6,11-15,17-18H2,2-3H3/b22-7+,23-9+/t19-,24+/m1/s1. The van der Waals surface area contributed by atoms with Crippen LogP contribution in [0.4, 0.5) is 0 Å². The fourth-order valence-corrected chi connectivity index (χ4v) is 5.57. The van der Waals surface area contributed by atoms with Gasteiger partial charge in [-0.05, 0) is 68.5 Å². The van der Waals surface area contributed by atoms with E-state index in [0.717, 1.165) is 56.6 Å².